The summed E-state index contributed by atoms with van der Waals surface area (Å²) in [6, 6.07) is 0. The van der Waals surface area contributed by atoms with Crippen LogP contribution >= 0.6 is 34.8 Å². The maximum absolute atomic E-state index is 10.6. The third kappa shape index (κ3) is 3.79. The molecule has 0 unspecified atom stereocenters. The highest BCUT2D eigenvalue weighted by Gasteiger charge is 2.27. The molecule has 0 spiro atoms. The van der Waals surface area contributed by atoms with Crippen molar-refractivity contribution in [2.45, 2.75) is 10.7 Å². The minimum atomic E-state index is -1.80. The van der Waals surface area contributed by atoms with Crippen LogP contribution in [-0.2, 0) is 4.79 Å². The van der Waals surface area contributed by atoms with E-state index in [2.05, 4.69) is 0 Å². The molecule has 9 heavy (non-hydrogen) atoms. The predicted molar refractivity (Wildman–Crippen MR) is 40.1 cm³/mol. The van der Waals surface area contributed by atoms with Gasteiger partial charge in [-0.2, -0.15) is 0 Å². The van der Waals surface area contributed by atoms with Crippen LogP contribution in [0.25, 0.3) is 0 Å². The molecule has 0 saturated carbocycles. The van der Waals surface area contributed by atoms with Gasteiger partial charge in [0.15, 0.2) is 0 Å². The molecule has 0 aliphatic carbocycles. The number of hydrogen-bond donors (Lipinski definition) is 0. The minimum Gasteiger partial charge on any atom is -0.290 e. The highest BCUT2D eigenvalue weighted by Crippen LogP contribution is 2.27. The SMILES string of the molecule is C/C=C/C(=O)C(Cl)(Cl)Cl. The molecule has 0 fully saturated rings. The molecule has 0 atom stereocenters. The van der Waals surface area contributed by atoms with E-state index in [0.29, 0.717) is 0 Å². The molecule has 0 radical (unpaired) electrons. The zero-order chi connectivity index (χ0) is 7.49. The Morgan fingerprint density at radius 2 is 1.89 bits per heavy atom. The Morgan fingerprint density at radius 1 is 1.44 bits per heavy atom. The van der Waals surface area contributed by atoms with Crippen LogP contribution in [0.1, 0.15) is 6.92 Å². The molecule has 0 aliphatic rings. The van der Waals surface area contributed by atoms with E-state index in [1.807, 2.05) is 0 Å². The van der Waals surface area contributed by atoms with E-state index >= 15 is 0 Å². The molecule has 0 bridgehead atoms. The Kier molecular flexibility index (Phi) is 3.56. The van der Waals surface area contributed by atoms with Gasteiger partial charge in [-0.1, -0.05) is 40.9 Å². The lowest BCUT2D eigenvalue weighted by molar-refractivity contribution is -0.113. The average molecular weight is 187 g/mol. The summed E-state index contributed by atoms with van der Waals surface area (Å²) in [5.74, 6) is -0.519. The Morgan fingerprint density at radius 3 is 2.00 bits per heavy atom. The van der Waals surface area contributed by atoms with Crippen molar-refractivity contribution in [1.82, 2.24) is 0 Å². The van der Waals surface area contributed by atoms with E-state index in [9.17, 15) is 4.79 Å². The van der Waals surface area contributed by atoms with E-state index in [-0.39, 0.29) is 0 Å². The van der Waals surface area contributed by atoms with Crippen molar-refractivity contribution in [2.24, 2.45) is 0 Å². The smallest absolute Gasteiger partial charge is 0.252 e. The maximum atomic E-state index is 10.6. The molecule has 0 N–H and O–H groups in total. The zero-order valence-electron chi connectivity index (χ0n) is 4.70. The van der Waals surface area contributed by atoms with Crippen molar-refractivity contribution in [3.05, 3.63) is 12.2 Å². The van der Waals surface area contributed by atoms with Gasteiger partial charge in [0, 0.05) is 0 Å². The summed E-state index contributed by atoms with van der Waals surface area (Å²) >= 11 is 15.6. The molecule has 0 aromatic rings. The maximum Gasteiger partial charge on any atom is 0.252 e. The first-order valence-corrected chi connectivity index (χ1v) is 3.35. The second-order valence-electron chi connectivity index (χ2n) is 1.36. The van der Waals surface area contributed by atoms with Crippen molar-refractivity contribution in [3.63, 3.8) is 0 Å². The fourth-order valence-corrected chi connectivity index (χ4v) is 0.435. The van der Waals surface area contributed by atoms with Gasteiger partial charge in [-0.05, 0) is 13.0 Å². The number of alkyl halides is 3. The van der Waals surface area contributed by atoms with Crippen LogP contribution in [0.4, 0.5) is 0 Å². The number of halogens is 3. The van der Waals surface area contributed by atoms with Gasteiger partial charge in [-0.3, -0.25) is 4.79 Å². The van der Waals surface area contributed by atoms with Gasteiger partial charge >= 0.3 is 0 Å². The topological polar surface area (TPSA) is 17.1 Å². The molecule has 0 aromatic heterocycles. The molecule has 0 saturated heterocycles. The molecule has 0 aromatic carbocycles. The van der Waals surface area contributed by atoms with Crippen molar-refractivity contribution < 1.29 is 4.79 Å². The monoisotopic (exact) mass is 186 g/mol. The molecule has 1 nitrogen and oxygen atoms in total. The van der Waals surface area contributed by atoms with Gasteiger partial charge in [0.05, 0.1) is 0 Å². The summed E-state index contributed by atoms with van der Waals surface area (Å²) in [5, 5.41) is 0. The van der Waals surface area contributed by atoms with Crippen LogP contribution in [0, 0.1) is 0 Å². The third-order valence-corrected chi connectivity index (χ3v) is 1.16. The van der Waals surface area contributed by atoms with Crippen LogP contribution in [0.2, 0.25) is 0 Å². The number of hydrogen-bond acceptors (Lipinski definition) is 1. The molecule has 4 heteroatoms. The average Bonchev–Trinajstić information content (AvgIpc) is 1.64. The molecule has 0 amide bonds. The number of rotatable bonds is 1. The molecular formula is C5H5Cl3O. The lowest BCUT2D eigenvalue weighted by Crippen LogP contribution is -2.15. The molecule has 0 heterocycles. The quantitative estimate of drug-likeness (QED) is 0.455. The van der Waals surface area contributed by atoms with Gasteiger partial charge < -0.3 is 0 Å². The Labute approximate surface area is 68.6 Å². The number of carbonyl (C=O) groups is 1. The fraction of sp³-hybridized carbons (Fsp3) is 0.400. The zero-order valence-corrected chi connectivity index (χ0v) is 6.96. The van der Waals surface area contributed by atoms with E-state index in [1.165, 1.54) is 12.2 Å². The summed E-state index contributed by atoms with van der Waals surface area (Å²) < 4.78 is -1.80. The summed E-state index contributed by atoms with van der Waals surface area (Å²) in [6.45, 7) is 1.67. The van der Waals surface area contributed by atoms with Gasteiger partial charge in [0.2, 0.25) is 5.78 Å². The van der Waals surface area contributed by atoms with Crippen molar-refractivity contribution in [1.29, 1.82) is 0 Å². The van der Waals surface area contributed by atoms with Crippen molar-refractivity contribution >= 4 is 40.6 Å². The highest BCUT2D eigenvalue weighted by atomic mass is 35.6. The minimum absolute atomic E-state index is 0.519. The normalized spacial score (nSPS) is 12.4. The fourth-order valence-electron chi connectivity index (χ4n) is 0.246. The van der Waals surface area contributed by atoms with Crippen molar-refractivity contribution in [3.8, 4) is 0 Å². The molecule has 52 valence electrons. The molecule has 0 aliphatic heterocycles. The molecular weight excluding hydrogens is 182 g/mol. The lowest BCUT2D eigenvalue weighted by atomic mass is 10.4. The Bertz CT molecular complexity index is 134. The first-order chi connectivity index (χ1) is 3.98. The van der Waals surface area contributed by atoms with E-state index in [0.717, 1.165) is 0 Å². The van der Waals surface area contributed by atoms with Gasteiger partial charge in [-0.15, -0.1) is 0 Å². The Balaban J connectivity index is 4.06. The third-order valence-electron chi connectivity index (χ3n) is 0.597. The van der Waals surface area contributed by atoms with Crippen LogP contribution in [-0.4, -0.2) is 9.58 Å². The van der Waals surface area contributed by atoms with Crippen LogP contribution < -0.4 is 0 Å². The van der Waals surface area contributed by atoms with E-state index in [1.54, 1.807) is 6.92 Å². The summed E-state index contributed by atoms with van der Waals surface area (Å²) in [5.41, 5.74) is 0. The summed E-state index contributed by atoms with van der Waals surface area (Å²) in [7, 11) is 0. The van der Waals surface area contributed by atoms with Crippen LogP contribution in [0.5, 0.6) is 0 Å². The Hall–Kier alpha value is 0.280. The second-order valence-corrected chi connectivity index (χ2v) is 3.64. The summed E-state index contributed by atoms with van der Waals surface area (Å²) in [4.78, 5) is 10.6. The van der Waals surface area contributed by atoms with Crippen molar-refractivity contribution in [2.75, 3.05) is 0 Å². The van der Waals surface area contributed by atoms with Gasteiger partial charge in [-0.25, -0.2) is 0 Å². The van der Waals surface area contributed by atoms with Gasteiger partial charge in [0.1, 0.15) is 0 Å². The van der Waals surface area contributed by atoms with Crippen LogP contribution in [0.3, 0.4) is 0 Å². The number of allylic oxidation sites excluding steroid dienone is 2. The van der Waals surface area contributed by atoms with Gasteiger partial charge in [0.25, 0.3) is 3.79 Å². The highest BCUT2D eigenvalue weighted by molar-refractivity contribution is 6.77. The number of ketones is 1. The standard InChI is InChI=1S/C5H5Cl3O/c1-2-3-4(9)5(6,7)8/h2-3H,1H3/b3-2+. The van der Waals surface area contributed by atoms with E-state index < -0.39 is 9.58 Å². The largest absolute Gasteiger partial charge is 0.290 e. The summed E-state index contributed by atoms with van der Waals surface area (Å²) in [6.07, 6.45) is 2.73. The first kappa shape index (κ1) is 9.28. The molecule has 0 rings (SSSR count). The number of carbonyl (C=O) groups excluding carboxylic acids is 1. The second kappa shape index (κ2) is 3.45. The first-order valence-electron chi connectivity index (χ1n) is 2.22. The lowest BCUT2D eigenvalue weighted by Gasteiger charge is -2.03. The van der Waals surface area contributed by atoms with E-state index in [4.69, 9.17) is 34.8 Å². The van der Waals surface area contributed by atoms with Crippen LogP contribution in [0.15, 0.2) is 12.2 Å². The predicted octanol–water partition coefficient (Wildman–Crippen LogP) is 2.50.